The van der Waals surface area contributed by atoms with Gasteiger partial charge in [0, 0.05) is 0 Å². The molecule has 0 amide bonds. The minimum Gasteiger partial charge on any atom is -0.496 e. The van der Waals surface area contributed by atoms with E-state index in [4.69, 9.17) is 14.2 Å². The third kappa shape index (κ3) is 6.47. The molecule has 0 aliphatic carbocycles. The molecule has 0 N–H and O–H groups in total. The van der Waals surface area contributed by atoms with E-state index in [0.29, 0.717) is 23.0 Å². The molecule has 2 unspecified atom stereocenters. The summed E-state index contributed by atoms with van der Waals surface area (Å²) in [4.78, 5) is 13.0. The highest BCUT2D eigenvalue weighted by atomic mass is 31.1. The average molecular weight is 416 g/mol. The van der Waals surface area contributed by atoms with Crippen molar-refractivity contribution < 1.29 is 19.0 Å². The molecule has 4 nitrogen and oxygen atoms in total. The highest BCUT2D eigenvalue weighted by molar-refractivity contribution is 7.66. The lowest BCUT2D eigenvalue weighted by atomic mass is 10.0. The molecule has 0 aliphatic heterocycles. The molecule has 0 aromatic heterocycles. The van der Waals surface area contributed by atoms with Crippen LogP contribution in [0.2, 0.25) is 0 Å². The fraction of sp³-hybridized carbons (Fsp3) is 0.458. The van der Waals surface area contributed by atoms with Gasteiger partial charge >= 0.3 is 0 Å². The van der Waals surface area contributed by atoms with Crippen molar-refractivity contribution in [3.63, 3.8) is 0 Å². The van der Waals surface area contributed by atoms with Crippen LogP contribution in [0.25, 0.3) is 0 Å². The number of carbonyl (C=O) groups excluding carboxylic acids is 1. The zero-order chi connectivity index (χ0) is 21.2. The van der Waals surface area contributed by atoms with E-state index < -0.39 is 0 Å². The van der Waals surface area contributed by atoms with Crippen LogP contribution in [0, 0.1) is 12.8 Å². The van der Waals surface area contributed by atoms with Crippen molar-refractivity contribution >= 4 is 19.4 Å². The normalized spacial score (nSPS) is 12.2. The topological polar surface area (TPSA) is 44.8 Å². The average Bonchev–Trinajstić information content (AvgIpc) is 2.74. The third-order valence-corrected chi connectivity index (χ3v) is 6.44. The Balaban J connectivity index is 2.09. The van der Waals surface area contributed by atoms with Gasteiger partial charge in [-0.05, 0) is 63.0 Å². The lowest BCUT2D eigenvalue weighted by molar-refractivity contribution is 0.108. The minimum atomic E-state index is -0.00738. The second kappa shape index (κ2) is 11.8. The van der Waals surface area contributed by atoms with Gasteiger partial charge in [-0.25, -0.2) is 0 Å². The molecule has 0 fully saturated rings. The molecule has 0 saturated carbocycles. The monoisotopic (exact) mass is 416 g/mol. The Kier molecular flexibility index (Phi) is 9.47. The number of benzene rings is 2. The van der Waals surface area contributed by atoms with Crippen LogP contribution in [0.5, 0.6) is 17.2 Å². The van der Waals surface area contributed by atoms with Gasteiger partial charge in [-0.15, -0.1) is 0 Å². The molecule has 0 radical (unpaired) electrons. The molecular formula is C24H33O4P. The van der Waals surface area contributed by atoms with Gasteiger partial charge in [0.1, 0.15) is 22.8 Å². The zero-order valence-corrected chi connectivity index (χ0v) is 19.2. The largest absolute Gasteiger partial charge is 0.496 e. The summed E-state index contributed by atoms with van der Waals surface area (Å²) in [5.41, 5.74) is 1.56. The number of ether oxygens (including phenoxy) is 3. The smallest absolute Gasteiger partial charge is 0.193 e. The lowest BCUT2D eigenvalue weighted by Gasteiger charge is -2.17. The van der Waals surface area contributed by atoms with E-state index in [0.717, 1.165) is 29.6 Å². The number of hydrogen-bond acceptors (Lipinski definition) is 4. The first-order valence-electron chi connectivity index (χ1n) is 10.3. The molecule has 29 heavy (non-hydrogen) atoms. The first kappa shape index (κ1) is 23.2. The SMILES string of the molecule is CCCCC(CC)COc1ccc(PC(=O)c2c(OC)cccc2OC)c(C)c1. The van der Waals surface area contributed by atoms with Gasteiger partial charge in [0.15, 0.2) is 5.52 Å². The van der Waals surface area contributed by atoms with Crippen LogP contribution < -0.4 is 19.5 Å². The molecule has 2 aromatic carbocycles. The molecule has 0 heterocycles. The van der Waals surface area contributed by atoms with Crippen molar-refractivity contribution in [3.05, 3.63) is 47.5 Å². The molecule has 2 aromatic rings. The molecule has 158 valence electrons. The summed E-state index contributed by atoms with van der Waals surface area (Å²) >= 11 is 0. The van der Waals surface area contributed by atoms with E-state index in [1.54, 1.807) is 26.4 Å². The number of unbranched alkanes of at least 4 members (excludes halogenated alkanes) is 1. The van der Waals surface area contributed by atoms with Crippen molar-refractivity contribution in [3.8, 4) is 17.2 Å². The van der Waals surface area contributed by atoms with Gasteiger partial charge < -0.3 is 14.2 Å². The van der Waals surface area contributed by atoms with Crippen molar-refractivity contribution in [1.82, 2.24) is 0 Å². The van der Waals surface area contributed by atoms with Crippen LogP contribution in [-0.2, 0) is 0 Å². The maximum absolute atomic E-state index is 13.0. The van der Waals surface area contributed by atoms with Gasteiger partial charge in [-0.3, -0.25) is 4.79 Å². The maximum atomic E-state index is 13.0. The fourth-order valence-electron chi connectivity index (χ4n) is 3.24. The lowest BCUT2D eigenvalue weighted by Crippen LogP contribution is -2.12. The Hall–Kier alpha value is -2.06. The van der Waals surface area contributed by atoms with Gasteiger partial charge in [0.25, 0.3) is 0 Å². The summed E-state index contributed by atoms with van der Waals surface area (Å²) in [7, 11) is 3.12. The molecule has 0 aliphatic rings. The highest BCUT2D eigenvalue weighted by Crippen LogP contribution is 2.34. The van der Waals surface area contributed by atoms with Crippen LogP contribution >= 0.6 is 8.58 Å². The molecule has 0 spiro atoms. The van der Waals surface area contributed by atoms with E-state index >= 15 is 0 Å². The Morgan fingerprint density at radius 3 is 2.31 bits per heavy atom. The van der Waals surface area contributed by atoms with Crippen molar-refractivity contribution in [2.24, 2.45) is 5.92 Å². The molecule has 5 heteroatoms. The Labute approximate surface area is 176 Å². The summed E-state index contributed by atoms with van der Waals surface area (Å²) in [5.74, 6) is 2.54. The van der Waals surface area contributed by atoms with Gasteiger partial charge in [0.05, 0.1) is 20.8 Å². The van der Waals surface area contributed by atoms with Crippen LogP contribution in [0.3, 0.4) is 0 Å². The molecule has 2 rings (SSSR count). The summed E-state index contributed by atoms with van der Waals surface area (Å²) in [5, 5.41) is 1.01. The van der Waals surface area contributed by atoms with Crippen LogP contribution in [0.1, 0.15) is 55.5 Å². The van der Waals surface area contributed by atoms with Gasteiger partial charge in [-0.1, -0.05) is 45.2 Å². The molecule has 2 atom stereocenters. The highest BCUT2D eigenvalue weighted by Gasteiger charge is 2.19. The Bertz CT molecular complexity index is 781. The third-order valence-electron chi connectivity index (χ3n) is 5.13. The minimum absolute atomic E-state index is 0.00156. The van der Waals surface area contributed by atoms with Gasteiger partial charge in [-0.2, -0.15) is 0 Å². The zero-order valence-electron chi connectivity index (χ0n) is 18.2. The summed E-state index contributed by atoms with van der Waals surface area (Å²) in [6.45, 7) is 7.21. The summed E-state index contributed by atoms with van der Waals surface area (Å²) in [6, 6.07) is 11.4. The fourth-order valence-corrected chi connectivity index (χ4v) is 4.29. The second-order valence-corrected chi connectivity index (χ2v) is 8.44. The van der Waals surface area contributed by atoms with Gasteiger partial charge in [0.2, 0.25) is 0 Å². The number of methoxy groups -OCH3 is 2. The predicted octanol–water partition coefficient (Wildman–Crippen LogP) is 5.75. The summed E-state index contributed by atoms with van der Waals surface area (Å²) < 4.78 is 16.8. The maximum Gasteiger partial charge on any atom is 0.193 e. The number of aryl methyl sites for hydroxylation is 1. The predicted molar refractivity (Wildman–Crippen MR) is 122 cm³/mol. The van der Waals surface area contributed by atoms with Crippen LogP contribution in [0.4, 0.5) is 0 Å². The first-order chi connectivity index (χ1) is 14.0. The number of rotatable bonds is 12. The van der Waals surface area contributed by atoms with E-state index in [1.165, 1.54) is 19.3 Å². The summed E-state index contributed by atoms with van der Waals surface area (Å²) in [6.07, 6.45) is 4.81. The van der Waals surface area contributed by atoms with Crippen molar-refractivity contribution in [2.75, 3.05) is 20.8 Å². The van der Waals surface area contributed by atoms with E-state index in [1.807, 2.05) is 31.2 Å². The Morgan fingerprint density at radius 1 is 1.07 bits per heavy atom. The quantitative estimate of drug-likeness (QED) is 0.413. The molecule has 0 bridgehead atoms. The Morgan fingerprint density at radius 2 is 1.76 bits per heavy atom. The van der Waals surface area contributed by atoms with E-state index in [-0.39, 0.29) is 14.1 Å². The molecular weight excluding hydrogens is 383 g/mol. The van der Waals surface area contributed by atoms with E-state index in [2.05, 4.69) is 13.8 Å². The van der Waals surface area contributed by atoms with Crippen molar-refractivity contribution in [2.45, 2.75) is 46.5 Å². The van der Waals surface area contributed by atoms with Crippen LogP contribution in [0.15, 0.2) is 36.4 Å². The first-order valence-corrected chi connectivity index (χ1v) is 11.3. The van der Waals surface area contributed by atoms with Crippen molar-refractivity contribution in [1.29, 1.82) is 0 Å². The van der Waals surface area contributed by atoms with E-state index in [9.17, 15) is 4.79 Å². The number of hydrogen-bond donors (Lipinski definition) is 0. The molecule has 0 saturated heterocycles. The number of carbonyl (C=O) groups is 1. The van der Waals surface area contributed by atoms with Crippen LogP contribution in [-0.4, -0.2) is 26.4 Å². The standard InChI is InChI=1S/C24H33O4P/c1-6-8-10-18(7-2)16-28-19-13-14-22(17(3)15-19)29-24(25)23-20(26-4)11-9-12-21(23)27-5/h9,11-15,18,29H,6-8,10,16H2,1-5H3. The second-order valence-electron chi connectivity index (χ2n) is 7.20.